The average molecular weight is 387 g/mol. The molecule has 1 aliphatic heterocycles. The molecule has 0 aromatic heterocycles. The molecule has 1 aliphatic rings. The van der Waals surface area contributed by atoms with E-state index in [1.165, 1.54) is 0 Å². The summed E-state index contributed by atoms with van der Waals surface area (Å²) in [6.07, 6.45) is -0.319. The number of amides is 3. The summed E-state index contributed by atoms with van der Waals surface area (Å²) in [5.74, 6) is -1.52. The van der Waals surface area contributed by atoms with Crippen molar-refractivity contribution in [1.82, 2.24) is 0 Å². The summed E-state index contributed by atoms with van der Waals surface area (Å²) >= 11 is 0.734. The Morgan fingerprint density at radius 2 is 1.93 bits per heavy atom. The van der Waals surface area contributed by atoms with E-state index in [-0.39, 0.29) is 23.5 Å². The van der Waals surface area contributed by atoms with Crippen LogP contribution in [0, 0.1) is 10.1 Å². The van der Waals surface area contributed by atoms with Crippen molar-refractivity contribution in [2.45, 2.75) is 11.7 Å². The summed E-state index contributed by atoms with van der Waals surface area (Å²) in [7, 11) is 0. The van der Waals surface area contributed by atoms with Crippen LogP contribution in [0.3, 0.4) is 0 Å². The number of hydrogen-bond acceptors (Lipinski definition) is 7. The standard InChI is InChI=1S/C17H13N3O6S/c21-13-7-6-11(20(25)26)8-12(13)18-15(22)9-14-16(23)19(17(24)27-14)10-4-2-1-3-5-10/h1-8,14,21H,9H2,(H,18,22). The molecule has 1 fully saturated rings. The van der Waals surface area contributed by atoms with Crippen LogP contribution in [0.25, 0.3) is 0 Å². The van der Waals surface area contributed by atoms with E-state index in [0.717, 1.165) is 34.9 Å². The predicted octanol–water partition coefficient (Wildman–Crippen LogP) is 2.90. The molecule has 3 amide bonds. The number of para-hydroxylation sites is 1. The first-order valence-electron chi connectivity index (χ1n) is 7.73. The van der Waals surface area contributed by atoms with E-state index >= 15 is 0 Å². The van der Waals surface area contributed by atoms with Crippen LogP contribution in [0.1, 0.15) is 6.42 Å². The molecule has 0 radical (unpaired) electrons. The number of hydrogen-bond donors (Lipinski definition) is 2. The maximum Gasteiger partial charge on any atom is 0.293 e. The second kappa shape index (κ2) is 7.46. The normalized spacial score (nSPS) is 16.4. The Kier molecular flexibility index (Phi) is 5.08. The van der Waals surface area contributed by atoms with Gasteiger partial charge in [-0.1, -0.05) is 18.2 Å². The van der Waals surface area contributed by atoms with Crippen molar-refractivity contribution in [3.8, 4) is 5.75 Å². The number of aromatic hydroxyl groups is 1. The minimum atomic E-state index is -0.918. The number of nitro groups is 1. The van der Waals surface area contributed by atoms with Crippen LogP contribution in [-0.2, 0) is 9.59 Å². The van der Waals surface area contributed by atoms with Gasteiger partial charge < -0.3 is 10.4 Å². The highest BCUT2D eigenvalue weighted by atomic mass is 32.2. The molecule has 9 nitrogen and oxygen atoms in total. The van der Waals surface area contributed by atoms with Crippen molar-refractivity contribution < 1.29 is 24.4 Å². The molecule has 0 saturated carbocycles. The molecule has 1 saturated heterocycles. The summed E-state index contributed by atoms with van der Waals surface area (Å²) in [6.45, 7) is 0. The Balaban J connectivity index is 1.70. The van der Waals surface area contributed by atoms with Gasteiger partial charge in [0, 0.05) is 18.6 Å². The lowest BCUT2D eigenvalue weighted by Crippen LogP contribution is -2.32. The molecule has 3 rings (SSSR count). The quantitative estimate of drug-likeness (QED) is 0.458. The molecule has 138 valence electrons. The molecule has 27 heavy (non-hydrogen) atoms. The molecule has 10 heteroatoms. The van der Waals surface area contributed by atoms with Gasteiger partial charge in [-0.05, 0) is 30.0 Å². The van der Waals surface area contributed by atoms with Gasteiger partial charge in [-0.15, -0.1) is 0 Å². The number of carbonyl (C=O) groups is 3. The zero-order chi connectivity index (χ0) is 19.6. The monoisotopic (exact) mass is 387 g/mol. The summed E-state index contributed by atoms with van der Waals surface area (Å²) < 4.78 is 0. The van der Waals surface area contributed by atoms with Gasteiger partial charge in [-0.25, -0.2) is 4.90 Å². The van der Waals surface area contributed by atoms with Gasteiger partial charge in [0.25, 0.3) is 10.9 Å². The molecule has 2 N–H and O–H groups in total. The van der Waals surface area contributed by atoms with Gasteiger partial charge in [-0.2, -0.15) is 0 Å². The van der Waals surface area contributed by atoms with E-state index in [1.807, 2.05) is 0 Å². The van der Waals surface area contributed by atoms with E-state index in [0.29, 0.717) is 5.69 Å². The van der Waals surface area contributed by atoms with Crippen LogP contribution in [-0.4, -0.2) is 32.3 Å². The van der Waals surface area contributed by atoms with Crippen molar-refractivity contribution in [2.24, 2.45) is 0 Å². The van der Waals surface area contributed by atoms with Crippen molar-refractivity contribution in [3.63, 3.8) is 0 Å². The Hall–Kier alpha value is -3.40. The molecule has 0 aliphatic carbocycles. The first-order valence-corrected chi connectivity index (χ1v) is 8.61. The van der Waals surface area contributed by atoms with Crippen LogP contribution in [0.2, 0.25) is 0 Å². The zero-order valence-electron chi connectivity index (χ0n) is 13.7. The average Bonchev–Trinajstić information content (AvgIpc) is 2.90. The first kappa shape index (κ1) is 18.4. The predicted molar refractivity (Wildman–Crippen MR) is 98.7 cm³/mol. The fourth-order valence-electron chi connectivity index (χ4n) is 2.50. The van der Waals surface area contributed by atoms with Crippen LogP contribution in [0.4, 0.5) is 21.9 Å². The summed E-state index contributed by atoms with van der Waals surface area (Å²) in [4.78, 5) is 48.0. The Bertz CT molecular complexity index is 934. The highest BCUT2D eigenvalue weighted by molar-refractivity contribution is 8.15. The molecule has 2 aromatic rings. The van der Waals surface area contributed by atoms with Gasteiger partial charge in [0.05, 0.1) is 16.3 Å². The van der Waals surface area contributed by atoms with E-state index in [4.69, 9.17) is 0 Å². The SMILES string of the molecule is O=C(CC1SC(=O)N(c2ccccc2)C1=O)Nc1cc([N+](=O)[O-])ccc1O. The number of rotatable bonds is 5. The van der Waals surface area contributed by atoms with E-state index in [9.17, 15) is 29.6 Å². The van der Waals surface area contributed by atoms with Crippen LogP contribution >= 0.6 is 11.8 Å². The molecule has 1 heterocycles. The fourth-order valence-corrected chi connectivity index (χ4v) is 3.49. The Morgan fingerprint density at radius 3 is 2.59 bits per heavy atom. The lowest BCUT2D eigenvalue weighted by Gasteiger charge is -2.13. The van der Waals surface area contributed by atoms with Gasteiger partial charge in [0.2, 0.25) is 11.8 Å². The van der Waals surface area contributed by atoms with Crippen LogP contribution in [0.15, 0.2) is 48.5 Å². The summed E-state index contributed by atoms with van der Waals surface area (Å²) in [6, 6.07) is 11.5. The number of nitro benzene ring substituents is 1. The number of anilines is 2. The molecule has 0 bridgehead atoms. The number of thioether (sulfide) groups is 1. The maximum atomic E-state index is 12.5. The Labute approximate surface area is 157 Å². The highest BCUT2D eigenvalue weighted by Gasteiger charge is 2.41. The minimum Gasteiger partial charge on any atom is -0.506 e. The number of phenolic OH excluding ortho intramolecular Hbond substituents is 1. The van der Waals surface area contributed by atoms with Crippen molar-refractivity contribution in [3.05, 3.63) is 58.6 Å². The Morgan fingerprint density at radius 1 is 1.22 bits per heavy atom. The molecular formula is C17H13N3O6S. The largest absolute Gasteiger partial charge is 0.506 e. The van der Waals surface area contributed by atoms with E-state index in [2.05, 4.69) is 5.32 Å². The van der Waals surface area contributed by atoms with Crippen molar-refractivity contribution in [2.75, 3.05) is 10.2 Å². The second-order valence-electron chi connectivity index (χ2n) is 5.59. The third-order valence-corrected chi connectivity index (χ3v) is 4.81. The number of nitrogens with zero attached hydrogens (tertiary/aromatic N) is 2. The summed E-state index contributed by atoms with van der Waals surface area (Å²) in [5.41, 5.74) is -0.0324. The maximum absolute atomic E-state index is 12.5. The van der Waals surface area contributed by atoms with Gasteiger partial charge in [0.1, 0.15) is 11.0 Å². The molecule has 0 spiro atoms. The number of nitrogens with one attached hydrogen (secondary N) is 1. The number of imide groups is 1. The number of non-ortho nitro benzene ring substituents is 1. The van der Waals surface area contributed by atoms with Gasteiger partial charge >= 0.3 is 0 Å². The zero-order valence-corrected chi connectivity index (χ0v) is 14.5. The van der Waals surface area contributed by atoms with E-state index in [1.54, 1.807) is 30.3 Å². The second-order valence-corrected chi connectivity index (χ2v) is 6.75. The van der Waals surface area contributed by atoms with Gasteiger partial charge in [0.15, 0.2) is 0 Å². The topological polar surface area (TPSA) is 130 Å². The first-order chi connectivity index (χ1) is 12.9. The third kappa shape index (κ3) is 3.90. The summed E-state index contributed by atoms with van der Waals surface area (Å²) in [5, 5.41) is 21.5. The van der Waals surface area contributed by atoms with E-state index < -0.39 is 27.2 Å². The minimum absolute atomic E-state index is 0.143. The molecule has 2 aromatic carbocycles. The third-order valence-electron chi connectivity index (χ3n) is 3.77. The van der Waals surface area contributed by atoms with Crippen molar-refractivity contribution >= 4 is 45.9 Å². The lowest BCUT2D eigenvalue weighted by molar-refractivity contribution is -0.384. The molecular weight excluding hydrogens is 374 g/mol. The molecule has 1 unspecified atom stereocenters. The van der Waals surface area contributed by atoms with Crippen LogP contribution in [0.5, 0.6) is 5.75 Å². The highest BCUT2D eigenvalue weighted by Crippen LogP contribution is 2.34. The smallest absolute Gasteiger partial charge is 0.293 e. The number of benzene rings is 2. The number of carbonyl (C=O) groups excluding carboxylic acids is 3. The van der Waals surface area contributed by atoms with Gasteiger partial charge in [-0.3, -0.25) is 24.5 Å². The van der Waals surface area contributed by atoms with Crippen molar-refractivity contribution in [1.29, 1.82) is 0 Å². The molecule has 1 atom stereocenters. The fraction of sp³-hybridized carbons (Fsp3) is 0.118. The van der Waals surface area contributed by atoms with Crippen LogP contribution < -0.4 is 10.2 Å². The lowest BCUT2D eigenvalue weighted by atomic mass is 10.2. The number of phenols is 1.